The van der Waals surface area contributed by atoms with Crippen molar-refractivity contribution in [3.63, 3.8) is 0 Å². The third-order valence-corrected chi connectivity index (χ3v) is 3.69. The molecule has 0 aliphatic heterocycles. The lowest BCUT2D eigenvalue weighted by atomic mass is 10.1. The molecule has 0 radical (unpaired) electrons. The summed E-state index contributed by atoms with van der Waals surface area (Å²) in [6, 6.07) is 11.7. The molecule has 0 saturated heterocycles. The van der Waals surface area contributed by atoms with Gasteiger partial charge in [0, 0.05) is 0 Å². The monoisotopic (exact) mass is 336 g/mol. The molecular weight excluding hydrogens is 320 g/mol. The van der Waals surface area contributed by atoms with E-state index in [-0.39, 0.29) is 6.61 Å². The summed E-state index contributed by atoms with van der Waals surface area (Å²) in [5, 5.41) is 9.20. The summed E-state index contributed by atoms with van der Waals surface area (Å²) in [6.45, 7) is 2.49. The molecule has 0 bridgehead atoms. The van der Waals surface area contributed by atoms with E-state index in [0.717, 1.165) is 15.6 Å². The lowest BCUT2D eigenvalue weighted by molar-refractivity contribution is 0.272. The van der Waals surface area contributed by atoms with Crippen LogP contribution in [0.3, 0.4) is 0 Å². The van der Waals surface area contributed by atoms with Gasteiger partial charge in [0.15, 0.2) is 11.5 Å². The largest absolute Gasteiger partial charge is 0.493 e. The highest BCUT2D eigenvalue weighted by molar-refractivity contribution is 9.10. The molecule has 2 aromatic carbocycles. The average molecular weight is 337 g/mol. The molecule has 0 aliphatic carbocycles. The van der Waals surface area contributed by atoms with Crippen LogP contribution < -0.4 is 9.47 Å². The van der Waals surface area contributed by atoms with E-state index < -0.39 is 0 Å². The van der Waals surface area contributed by atoms with E-state index in [0.29, 0.717) is 18.1 Å². The third kappa shape index (κ3) is 3.32. The second kappa shape index (κ2) is 6.77. The van der Waals surface area contributed by atoms with Gasteiger partial charge in [-0.25, -0.2) is 0 Å². The van der Waals surface area contributed by atoms with E-state index in [1.54, 1.807) is 13.2 Å². The van der Waals surface area contributed by atoms with Gasteiger partial charge in [-0.05, 0) is 51.7 Å². The van der Waals surface area contributed by atoms with Crippen LogP contribution >= 0.6 is 15.9 Å². The van der Waals surface area contributed by atoms with Crippen LogP contribution in [0.15, 0.2) is 40.9 Å². The van der Waals surface area contributed by atoms with Crippen molar-refractivity contribution in [2.75, 3.05) is 7.11 Å². The first kappa shape index (κ1) is 14.9. The Bertz CT molecular complexity index is 596. The topological polar surface area (TPSA) is 38.7 Å². The molecule has 0 saturated carbocycles. The molecule has 0 aromatic heterocycles. The quantitative estimate of drug-likeness (QED) is 0.901. The number of methoxy groups -OCH3 is 1. The van der Waals surface area contributed by atoms with Crippen LogP contribution in [0.5, 0.6) is 11.5 Å². The summed E-state index contributed by atoms with van der Waals surface area (Å²) in [5.74, 6) is 1.25. The number of halogens is 1. The van der Waals surface area contributed by atoms with E-state index in [4.69, 9.17) is 9.47 Å². The fraction of sp³-hybridized carbons (Fsp3) is 0.250. The molecule has 0 heterocycles. The Labute approximate surface area is 127 Å². The van der Waals surface area contributed by atoms with Crippen molar-refractivity contribution >= 4 is 15.9 Å². The fourth-order valence-electron chi connectivity index (χ4n) is 1.93. The zero-order chi connectivity index (χ0) is 14.5. The number of hydrogen-bond acceptors (Lipinski definition) is 3. The molecule has 2 rings (SSSR count). The smallest absolute Gasteiger partial charge is 0.175 e. The van der Waals surface area contributed by atoms with E-state index in [1.807, 2.05) is 24.3 Å². The van der Waals surface area contributed by atoms with E-state index in [2.05, 4.69) is 28.9 Å². The summed E-state index contributed by atoms with van der Waals surface area (Å²) >= 11 is 3.46. The SMILES string of the molecule is COc1cc(CO)cc(Br)c1OCc1ccccc1C. The molecule has 0 spiro atoms. The van der Waals surface area contributed by atoms with Crippen LogP contribution in [0.25, 0.3) is 0 Å². The van der Waals surface area contributed by atoms with Gasteiger partial charge in [-0.1, -0.05) is 24.3 Å². The molecule has 0 fully saturated rings. The van der Waals surface area contributed by atoms with Crippen molar-refractivity contribution in [3.05, 3.63) is 57.6 Å². The standard InChI is InChI=1S/C16H17BrO3/c1-11-5-3-4-6-13(11)10-20-16-14(17)7-12(9-18)8-15(16)19-2/h3-8,18H,9-10H2,1-2H3. The molecular formula is C16H17BrO3. The minimum atomic E-state index is -0.0347. The lowest BCUT2D eigenvalue weighted by Gasteiger charge is -2.14. The fourth-order valence-corrected chi connectivity index (χ4v) is 2.53. The Kier molecular flexibility index (Phi) is 5.04. The Morgan fingerprint density at radius 1 is 1.20 bits per heavy atom. The van der Waals surface area contributed by atoms with Crippen molar-refractivity contribution in [1.29, 1.82) is 0 Å². The second-order valence-electron chi connectivity index (χ2n) is 4.48. The highest BCUT2D eigenvalue weighted by Gasteiger charge is 2.12. The van der Waals surface area contributed by atoms with E-state index in [9.17, 15) is 5.11 Å². The Balaban J connectivity index is 2.23. The normalized spacial score (nSPS) is 10.4. The molecule has 2 aromatic rings. The predicted molar refractivity (Wildman–Crippen MR) is 82.1 cm³/mol. The molecule has 0 aliphatic rings. The van der Waals surface area contributed by atoms with Gasteiger partial charge in [0.05, 0.1) is 18.2 Å². The maximum Gasteiger partial charge on any atom is 0.175 e. The number of aliphatic hydroxyl groups is 1. The van der Waals surface area contributed by atoms with Gasteiger partial charge in [-0.3, -0.25) is 0 Å². The van der Waals surface area contributed by atoms with Gasteiger partial charge in [0.25, 0.3) is 0 Å². The first-order valence-corrected chi connectivity index (χ1v) is 7.09. The number of hydrogen-bond donors (Lipinski definition) is 1. The van der Waals surface area contributed by atoms with Gasteiger partial charge >= 0.3 is 0 Å². The molecule has 3 nitrogen and oxygen atoms in total. The van der Waals surface area contributed by atoms with Crippen LogP contribution in [0, 0.1) is 6.92 Å². The zero-order valence-electron chi connectivity index (χ0n) is 11.5. The van der Waals surface area contributed by atoms with E-state index in [1.165, 1.54) is 5.56 Å². The van der Waals surface area contributed by atoms with Crippen LogP contribution in [0.4, 0.5) is 0 Å². The second-order valence-corrected chi connectivity index (χ2v) is 5.34. The van der Waals surface area contributed by atoms with Gasteiger partial charge in [0.1, 0.15) is 6.61 Å². The number of ether oxygens (including phenoxy) is 2. The predicted octanol–water partition coefficient (Wildman–Crippen LogP) is 3.84. The maximum atomic E-state index is 9.20. The van der Waals surface area contributed by atoms with Crippen molar-refractivity contribution in [3.8, 4) is 11.5 Å². The van der Waals surface area contributed by atoms with Crippen molar-refractivity contribution in [2.45, 2.75) is 20.1 Å². The van der Waals surface area contributed by atoms with Crippen molar-refractivity contribution in [2.24, 2.45) is 0 Å². The zero-order valence-corrected chi connectivity index (χ0v) is 13.1. The number of aryl methyl sites for hydroxylation is 1. The van der Waals surface area contributed by atoms with Gasteiger partial charge < -0.3 is 14.6 Å². The van der Waals surface area contributed by atoms with Gasteiger partial charge in [0.2, 0.25) is 0 Å². The number of benzene rings is 2. The Morgan fingerprint density at radius 3 is 2.60 bits per heavy atom. The van der Waals surface area contributed by atoms with Gasteiger partial charge in [-0.15, -0.1) is 0 Å². The van der Waals surface area contributed by atoms with Crippen molar-refractivity contribution < 1.29 is 14.6 Å². The molecule has 0 atom stereocenters. The summed E-state index contributed by atoms with van der Waals surface area (Å²) in [7, 11) is 1.59. The third-order valence-electron chi connectivity index (χ3n) is 3.11. The van der Waals surface area contributed by atoms with Crippen LogP contribution in [-0.4, -0.2) is 12.2 Å². The number of aliphatic hydroxyl groups excluding tert-OH is 1. The van der Waals surface area contributed by atoms with E-state index >= 15 is 0 Å². The minimum absolute atomic E-state index is 0.0347. The molecule has 0 amide bonds. The van der Waals surface area contributed by atoms with Crippen LogP contribution in [0.1, 0.15) is 16.7 Å². The first-order valence-electron chi connectivity index (χ1n) is 6.30. The van der Waals surface area contributed by atoms with Crippen LogP contribution in [0.2, 0.25) is 0 Å². The summed E-state index contributed by atoms with van der Waals surface area (Å²) in [4.78, 5) is 0. The summed E-state index contributed by atoms with van der Waals surface area (Å²) in [6.07, 6.45) is 0. The summed E-state index contributed by atoms with van der Waals surface area (Å²) < 4.78 is 12.0. The minimum Gasteiger partial charge on any atom is -0.493 e. The van der Waals surface area contributed by atoms with Crippen LogP contribution in [-0.2, 0) is 13.2 Å². The highest BCUT2D eigenvalue weighted by atomic mass is 79.9. The molecule has 106 valence electrons. The highest BCUT2D eigenvalue weighted by Crippen LogP contribution is 2.37. The average Bonchev–Trinajstić information content (AvgIpc) is 2.46. The molecule has 0 unspecified atom stereocenters. The van der Waals surface area contributed by atoms with Gasteiger partial charge in [-0.2, -0.15) is 0 Å². The summed E-state index contributed by atoms with van der Waals surface area (Å²) in [5.41, 5.74) is 3.10. The van der Waals surface area contributed by atoms with Crippen molar-refractivity contribution in [1.82, 2.24) is 0 Å². The first-order chi connectivity index (χ1) is 9.65. The maximum absolute atomic E-state index is 9.20. The molecule has 20 heavy (non-hydrogen) atoms. The molecule has 1 N–H and O–H groups in total. The Hall–Kier alpha value is -1.52. The Morgan fingerprint density at radius 2 is 1.95 bits per heavy atom. The number of rotatable bonds is 5. The molecule has 4 heteroatoms. The lowest BCUT2D eigenvalue weighted by Crippen LogP contribution is -2.01.